The van der Waals surface area contributed by atoms with Gasteiger partial charge in [-0.2, -0.15) is 0 Å². The summed E-state index contributed by atoms with van der Waals surface area (Å²) >= 11 is 0. The molecule has 4 heteroatoms. The number of esters is 1. The predicted octanol–water partition coefficient (Wildman–Crippen LogP) is 4.69. The molecule has 0 aromatic heterocycles. The van der Waals surface area contributed by atoms with Gasteiger partial charge in [-0.1, -0.05) is 88.1 Å². The topological polar surface area (TPSA) is 55.4 Å². The zero-order chi connectivity index (χ0) is 18.3. The highest BCUT2D eigenvalue weighted by molar-refractivity contribution is 6.32. The second-order valence-electron chi connectivity index (χ2n) is 6.63. The first kappa shape index (κ1) is 21.2. The van der Waals surface area contributed by atoms with Crippen molar-refractivity contribution in [3.8, 4) is 0 Å². The lowest BCUT2D eigenvalue weighted by atomic mass is 10.1. The van der Waals surface area contributed by atoms with Gasteiger partial charge in [0, 0.05) is 6.54 Å². The Morgan fingerprint density at radius 3 is 2.04 bits per heavy atom. The summed E-state index contributed by atoms with van der Waals surface area (Å²) in [6.07, 6.45) is 10.9. The normalized spacial score (nSPS) is 10.5. The molecule has 1 amide bonds. The van der Waals surface area contributed by atoms with Crippen LogP contribution in [0.3, 0.4) is 0 Å². The number of nitrogens with one attached hydrogen (secondary N) is 1. The Labute approximate surface area is 152 Å². The van der Waals surface area contributed by atoms with E-state index in [1.165, 1.54) is 44.9 Å². The number of benzene rings is 1. The minimum absolute atomic E-state index is 0.326. The first-order valence-corrected chi connectivity index (χ1v) is 9.64. The summed E-state index contributed by atoms with van der Waals surface area (Å²) < 4.78 is 5.02. The lowest BCUT2D eigenvalue weighted by molar-refractivity contribution is -0.155. The van der Waals surface area contributed by atoms with Crippen LogP contribution < -0.4 is 5.32 Å². The largest absolute Gasteiger partial charge is 0.459 e. The molecule has 0 aliphatic rings. The molecule has 1 aromatic carbocycles. The summed E-state index contributed by atoms with van der Waals surface area (Å²) in [5.41, 5.74) is 2.13. The molecule has 0 bridgehead atoms. The van der Waals surface area contributed by atoms with Crippen LogP contribution >= 0.6 is 0 Å². The number of rotatable bonds is 12. The molecule has 0 aliphatic carbocycles. The van der Waals surface area contributed by atoms with Gasteiger partial charge in [-0.05, 0) is 18.9 Å². The Hall–Kier alpha value is -1.84. The van der Waals surface area contributed by atoms with E-state index in [0.717, 1.165) is 24.0 Å². The summed E-state index contributed by atoms with van der Waals surface area (Å²) in [6, 6.07) is 7.82. The van der Waals surface area contributed by atoms with E-state index >= 15 is 0 Å². The van der Waals surface area contributed by atoms with Crippen molar-refractivity contribution >= 4 is 11.9 Å². The summed E-state index contributed by atoms with van der Waals surface area (Å²) in [5.74, 6) is -1.46. The summed E-state index contributed by atoms with van der Waals surface area (Å²) in [7, 11) is 0. The average molecular weight is 347 g/mol. The third kappa shape index (κ3) is 10.6. The number of unbranched alkanes of at least 4 members (excludes halogenated alkanes) is 8. The Morgan fingerprint density at radius 2 is 1.44 bits per heavy atom. The van der Waals surface area contributed by atoms with E-state index in [-0.39, 0.29) is 0 Å². The zero-order valence-corrected chi connectivity index (χ0v) is 15.8. The van der Waals surface area contributed by atoms with Gasteiger partial charge < -0.3 is 10.1 Å². The van der Waals surface area contributed by atoms with Crippen molar-refractivity contribution in [1.29, 1.82) is 0 Å². The molecule has 0 fully saturated rings. The number of aryl methyl sites for hydroxylation is 1. The standard InChI is InChI=1S/C21H33NO3/c1-3-4-5-6-7-8-9-10-11-16-25-21(24)20(23)22-17-19-14-12-18(2)13-15-19/h12-15H,3-11,16-17H2,1-2H3,(H,22,23). The Kier molecular flexibility index (Phi) is 11.4. The summed E-state index contributed by atoms with van der Waals surface area (Å²) in [4.78, 5) is 23.3. The molecule has 0 aliphatic heterocycles. The van der Waals surface area contributed by atoms with Gasteiger partial charge in [-0.25, -0.2) is 4.79 Å². The molecule has 1 rings (SSSR count). The van der Waals surface area contributed by atoms with Crippen molar-refractivity contribution in [2.24, 2.45) is 0 Å². The quantitative estimate of drug-likeness (QED) is 0.339. The number of hydrogen-bond acceptors (Lipinski definition) is 3. The molecule has 0 spiro atoms. The van der Waals surface area contributed by atoms with Gasteiger partial charge in [-0.3, -0.25) is 4.79 Å². The Bertz CT molecular complexity index is 496. The van der Waals surface area contributed by atoms with Crippen LogP contribution in [0, 0.1) is 6.92 Å². The Balaban J connectivity index is 2.00. The summed E-state index contributed by atoms with van der Waals surface area (Å²) in [6.45, 7) is 4.90. The van der Waals surface area contributed by atoms with Crippen LogP contribution in [0.15, 0.2) is 24.3 Å². The SMILES string of the molecule is CCCCCCCCCCCOC(=O)C(=O)NCc1ccc(C)cc1. The van der Waals surface area contributed by atoms with Crippen molar-refractivity contribution in [1.82, 2.24) is 5.32 Å². The highest BCUT2D eigenvalue weighted by Gasteiger charge is 2.14. The van der Waals surface area contributed by atoms with Crippen LogP contribution in [0.1, 0.15) is 75.8 Å². The summed E-state index contributed by atoms with van der Waals surface area (Å²) in [5, 5.41) is 2.59. The second kappa shape index (κ2) is 13.5. The van der Waals surface area contributed by atoms with Crippen LogP contribution in [-0.2, 0) is 20.9 Å². The first-order valence-electron chi connectivity index (χ1n) is 9.64. The molecule has 0 atom stereocenters. The number of carbonyl (C=O) groups is 2. The molecule has 25 heavy (non-hydrogen) atoms. The third-order valence-electron chi connectivity index (χ3n) is 4.24. The fraction of sp³-hybridized carbons (Fsp3) is 0.619. The molecule has 140 valence electrons. The van der Waals surface area contributed by atoms with Crippen molar-refractivity contribution in [3.05, 3.63) is 35.4 Å². The third-order valence-corrected chi connectivity index (χ3v) is 4.24. The predicted molar refractivity (Wildman–Crippen MR) is 101 cm³/mol. The maximum absolute atomic E-state index is 11.7. The van der Waals surface area contributed by atoms with Crippen LogP contribution in [0.4, 0.5) is 0 Å². The van der Waals surface area contributed by atoms with E-state index in [1.54, 1.807) is 0 Å². The van der Waals surface area contributed by atoms with Gasteiger partial charge >= 0.3 is 11.9 Å². The molecular formula is C21H33NO3. The molecule has 0 unspecified atom stereocenters. The number of hydrogen-bond donors (Lipinski definition) is 1. The van der Waals surface area contributed by atoms with Gasteiger partial charge in [-0.15, -0.1) is 0 Å². The van der Waals surface area contributed by atoms with Crippen molar-refractivity contribution in [2.45, 2.75) is 78.2 Å². The van der Waals surface area contributed by atoms with Crippen LogP contribution in [0.5, 0.6) is 0 Å². The van der Waals surface area contributed by atoms with Crippen LogP contribution in [-0.4, -0.2) is 18.5 Å². The fourth-order valence-electron chi connectivity index (χ4n) is 2.60. The van der Waals surface area contributed by atoms with E-state index < -0.39 is 11.9 Å². The highest BCUT2D eigenvalue weighted by Crippen LogP contribution is 2.09. The van der Waals surface area contributed by atoms with Crippen LogP contribution in [0.2, 0.25) is 0 Å². The van der Waals surface area contributed by atoms with E-state index in [1.807, 2.05) is 31.2 Å². The molecular weight excluding hydrogens is 314 g/mol. The molecule has 0 saturated carbocycles. The van der Waals surface area contributed by atoms with Crippen molar-refractivity contribution in [3.63, 3.8) is 0 Å². The Morgan fingerprint density at radius 1 is 0.880 bits per heavy atom. The van der Waals surface area contributed by atoms with Crippen molar-refractivity contribution in [2.75, 3.05) is 6.61 Å². The second-order valence-corrected chi connectivity index (χ2v) is 6.63. The molecule has 0 radical (unpaired) electrons. The van der Waals surface area contributed by atoms with Gasteiger partial charge in [0.1, 0.15) is 0 Å². The molecule has 0 heterocycles. The lowest BCUT2D eigenvalue weighted by Crippen LogP contribution is -2.32. The number of ether oxygens (including phenoxy) is 1. The van der Waals surface area contributed by atoms with Gasteiger partial charge in [0.25, 0.3) is 0 Å². The minimum atomic E-state index is -0.785. The number of carbonyl (C=O) groups excluding carboxylic acids is 2. The molecule has 1 aromatic rings. The highest BCUT2D eigenvalue weighted by atomic mass is 16.5. The smallest absolute Gasteiger partial charge is 0.396 e. The van der Waals surface area contributed by atoms with E-state index in [0.29, 0.717) is 13.2 Å². The van der Waals surface area contributed by atoms with Gasteiger partial charge in [0.2, 0.25) is 0 Å². The number of amides is 1. The molecule has 1 N–H and O–H groups in total. The zero-order valence-electron chi connectivity index (χ0n) is 15.8. The maximum atomic E-state index is 11.7. The lowest BCUT2D eigenvalue weighted by Gasteiger charge is -2.06. The van der Waals surface area contributed by atoms with E-state index in [2.05, 4.69) is 12.2 Å². The first-order chi connectivity index (χ1) is 12.1. The average Bonchev–Trinajstić information content (AvgIpc) is 2.62. The van der Waals surface area contributed by atoms with Gasteiger partial charge in [0.15, 0.2) is 0 Å². The van der Waals surface area contributed by atoms with E-state index in [4.69, 9.17) is 4.74 Å². The minimum Gasteiger partial charge on any atom is -0.459 e. The fourth-order valence-corrected chi connectivity index (χ4v) is 2.60. The van der Waals surface area contributed by atoms with Gasteiger partial charge in [0.05, 0.1) is 6.61 Å². The molecule has 0 saturated heterocycles. The van der Waals surface area contributed by atoms with E-state index in [9.17, 15) is 9.59 Å². The van der Waals surface area contributed by atoms with Crippen molar-refractivity contribution < 1.29 is 14.3 Å². The monoisotopic (exact) mass is 347 g/mol. The van der Waals surface area contributed by atoms with Crippen LogP contribution in [0.25, 0.3) is 0 Å². The maximum Gasteiger partial charge on any atom is 0.396 e. The molecule has 4 nitrogen and oxygen atoms in total.